The maximum absolute atomic E-state index is 12.6. The van der Waals surface area contributed by atoms with Gasteiger partial charge in [0.2, 0.25) is 10.0 Å². The van der Waals surface area contributed by atoms with Crippen molar-refractivity contribution in [1.29, 1.82) is 0 Å². The Bertz CT molecular complexity index is 921. The van der Waals surface area contributed by atoms with Gasteiger partial charge < -0.3 is 4.74 Å². The second-order valence-corrected chi connectivity index (χ2v) is 8.15. The Morgan fingerprint density at radius 1 is 1.15 bits per heavy atom. The highest BCUT2D eigenvalue weighted by molar-refractivity contribution is 7.89. The van der Waals surface area contributed by atoms with Gasteiger partial charge in [0.05, 0.1) is 9.82 Å². The van der Waals surface area contributed by atoms with E-state index >= 15 is 0 Å². The van der Waals surface area contributed by atoms with E-state index in [0.717, 1.165) is 30.0 Å². The number of nitro groups is 1. The van der Waals surface area contributed by atoms with Crippen molar-refractivity contribution in [2.45, 2.75) is 31.3 Å². The van der Waals surface area contributed by atoms with Crippen LogP contribution in [0.1, 0.15) is 24.0 Å². The van der Waals surface area contributed by atoms with E-state index in [9.17, 15) is 18.5 Å². The number of aryl methyl sites for hydroxylation is 1. The highest BCUT2D eigenvalue weighted by atomic mass is 32.2. The highest BCUT2D eigenvalue weighted by Crippen LogP contribution is 2.32. The lowest BCUT2D eigenvalue weighted by atomic mass is 10.1. The van der Waals surface area contributed by atoms with Crippen molar-refractivity contribution < 1.29 is 18.1 Å². The molecule has 1 saturated heterocycles. The third-order valence-corrected chi connectivity index (χ3v) is 6.37. The summed E-state index contributed by atoms with van der Waals surface area (Å²) < 4.78 is 32.2. The van der Waals surface area contributed by atoms with Crippen LogP contribution in [0.4, 0.5) is 5.69 Å². The molecule has 3 rings (SSSR count). The molecule has 2 aromatic rings. The van der Waals surface area contributed by atoms with Crippen LogP contribution < -0.4 is 4.74 Å². The van der Waals surface area contributed by atoms with E-state index in [1.54, 1.807) is 0 Å². The van der Waals surface area contributed by atoms with E-state index in [2.05, 4.69) is 0 Å². The number of ether oxygens (including phenoxy) is 1. The van der Waals surface area contributed by atoms with Gasteiger partial charge in [-0.2, -0.15) is 4.31 Å². The standard InChI is InChI=1S/C18H20N2O5S/c1-14-6-2-3-7-15(14)13-25-18-9-8-16(12-17(18)20(21)22)26(23,24)19-10-4-5-11-19/h2-3,6-9,12H,4-5,10-11,13H2,1H3. The summed E-state index contributed by atoms with van der Waals surface area (Å²) in [5.41, 5.74) is 1.58. The molecule has 8 heteroatoms. The molecule has 0 N–H and O–H groups in total. The van der Waals surface area contributed by atoms with E-state index in [4.69, 9.17) is 4.74 Å². The van der Waals surface area contributed by atoms with Crippen LogP contribution in [-0.2, 0) is 16.6 Å². The molecule has 0 radical (unpaired) electrons. The van der Waals surface area contributed by atoms with Crippen molar-refractivity contribution in [3.8, 4) is 5.75 Å². The van der Waals surface area contributed by atoms with Crippen molar-refractivity contribution in [2.24, 2.45) is 0 Å². The lowest BCUT2D eigenvalue weighted by molar-refractivity contribution is -0.386. The fourth-order valence-corrected chi connectivity index (χ4v) is 4.47. The first kappa shape index (κ1) is 18.3. The number of nitro benzene ring substituents is 1. The zero-order valence-electron chi connectivity index (χ0n) is 14.4. The SMILES string of the molecule is Cc1ccccc1COc1ccc(S(=O)(=O)N2CCCC2)cc1[N+](=O)[O-]. The lowest BCUT2D eigenvalue weighted by Crippen LogP contribution is -2.27. The van der Waals surface area contributed by atoms with Gasteiger partial charge in [-0.05, 0) is 43.0 Å². The molecule has 0 saturated carbocycles. The predicted octanol–water partition coefficient (Wildman–Crippen LogP) is 3.27. The largest absolute Gasteiger partial charge is 0.482 e. The Labute approximate surface area is 152 Å². The number of sulfonamides is 1. The molecule has 7 nitrogen and oxygen atoms in total. The molecule has 1 aliphatic heterocycles. The number of benzene rings is 2. The third kappa shape index (κ3) is 3.71. The molecule has 0 aromatic heterocycles. The Morgan fingerprint density at radius 2 is 1.85 bits per heavy atom. The molecule has 0 aliphatic carbocycles. The first-order valence-corrected chi connectivity index (χ1v) is 9.79. The molecule has 138 valence electrons. The molecular formula is C18H20N2O5S. The predicted molar refractivity (Wildman–Crippen MR) is 96.6 cm³/mol. The van der Waals surface area contributed by atoms with Gasteiger partial charge in [0.25, 0.3) is 0 Å². The van der Waals surface area contributed by atoms with Crippen LogP contribution >= 0.6 is 0 Å². The third-order valence-electron chi connectivity index (χ3n) is 4.47. The van der Waals surface area contributed by atoms with E-state index in [-0.39, 0.29) is 22.9 Å². The minimum absolute atomic E-state index is 0.0543. The maximum Gasteiger partial charge on any atom is 0.312 e. The molecule has 0 amide bonds. The minimum Gasteiger partial charge on any atom is -0.482 e. The summed E-state index contributed by atoms with van der Waals surface area (Å²) in [6.07, 6.45) is 1.61. The lowest BCUT2D eigenvalue weighted by Gasteiger charge is -2.16. The van der Waals surface area contributed by atoms with E-state index in [0.29, 0.717) is 13.1 Å². The first-order chi connectivity index (χ1) is 12.4. The number of nitrogens with zero attached hydrogens (tertiary/aromatic N) is 2. The van der Waals surface area contributed by atoms with Crippen LogP contribution in [0.5, 0.6) is 5.75 Å². The zero-order valence-corrected chi connectivity index (χ0v) is 15.2. The van der Waals surface area contributed by atoms with E-state index in [1.807, 2.05) is 31.2 Å². The first-order valence-electron chi connectivity index (χ1n) is 8.35. The number of hydrogen-bond donors (Lipinski definition) is 0. The molecular weight excluding hydrogens is 356 g/mol. The normalized spacial score (nSPS) is 15.1. The van der Waals surface area contributed by atoms with Crippen molar-refractivity contribution >= 4 is 15.7 Å². The molecule has 0 unspecified atom stereocenters. The van der Waals surface area contributed by atoms with Gasteiger partial charge in [0, 0.05) is 19.2 Å². The van der Waals surface area contributed by atoms with Crippen molar-refractivity contribution in [3.05, 3.63) is 63.7 Å². The van der Waals surface area contributed by atoms with Crippen molar-refractivity contribution in [2.75, 3.05) is 13.1 Å². The fraction of sp³-hybridized carbons (Fsp3) is 0.333. The average Bonchev–Trinajstić information content (AvgIpc) is 3.16. The summed E-state index contributed by atoms with van der Waals surface area (Å²) >= 11 is 0. The van der Waals surface area contributed by atoms with Gasteiger partial charge in [-0.3, -0.25) is 10.1 Å². The Hall–Kier alpha value is -2.45. The van der Waals surface area contributed by atoms with Gasteiger partial charge in [-0.1, -0.05) is 24.3 Å². The summed E-state index contributed by atoms with van der Waals surface area (Å²) in [5, 5.41) is 11.4. The van der Waals surface area contributed by atoms with Crippen LogP contribution in [-0.4, -0.2) is 30.7 Å². The van der Waals surface area contributed by atoms with Crippen molar-refractivity contribution in [3.63, 3.8) is 0 Å². The molecule has 0 atom stereocenters. The fourth-order valence-electron chi connectivity index (χ4n) is 2.93. The summed E-state index contributed by atoms with van der Waals surface area (Å²) in [5.74, 6) is 0.0543. The second kappa shape index (κ2) is 7.43. The van der Waals surface area contributed by atoms with Gasteiger partial charge in [0.1, 0.15) is 6.61 Å². The second-order valence-electron chi connectivity index (χ2n) is 6.21. The maximum atomic E-state index is 12.6. The average molecular weight is 376 g/mol. The zero-order chi connectivity index (χ0) is 18.7. The van der Waals surface area contributed by atoms with E-state index in [1.165, 1.54) is 16.4 Å². The molecule has 0 bridgehead atoms. The van der Waals surface area contributed by atoms with Gasteiger partial charge in [-0.25, -0.2) is 8.42 Å². The molecule has 2 aromatic carbocycles. The summed E-state index contributed by atoms with van der Waals surface area (Å²) in [6.45, 7) is 2.99. The Kier molecular flexibility index (Phi) is 5.24. The van der Waals surface area contributed by atoms with Gasteiger partial charge >= 0.3 is 5.69 Å². The smallest absolute Gasteiger partial charge is 0.312 e. The molecule has 1 aliphatic rings. The van der Waals surface area contributed by atoms with Crippen LogP contribution in [0.25, 0.3) is 0 Å². The molecule has 0 spiro atoms. The number of hydrogen-bond acceptors (Lipinski definition) is 5. The molecule has 1 fully saturated rings. The van der Waals surface area contributed by atoms with Crippen LogP contribution in [0.15, 0.2) is 47.4 Å². The number of rotatable bonds is 6. The Balaban J connectivity index is 1.88. The summed E-state index contributed by atoms with van der Waals surface area (Å²) in [7, 11) is -3.71. The minimum atomic E-state index is -3.71. The topological polar surface area (TPSA) is 89.8 Å². The van der Waals surface area contributed by atoms with Crippen LogP contribution in [0.2, 0.25) is 0 Å². The quantitative estimate of drug-likeness (QED) is 0.570. The van der Waals surface area contributed by atoms with Gasteiger partial charge in [-0.15, -0.1) is 0 Å². The summed E-state index contributed by atoms with van der Waals surface area (Å²) in [6, 6.07) is 11.4. The van der Waals surface area contributed by atoms with Crippen LogP contribution in [0.3, 0.4) is 0 Å². The van der Waals surface area contributed by atoms with Gasteiger partial charge in [0.15, 0.2) is 5.75 Å². The Morgan fingerprint density at radius 3 is 2.50 bits per heavy atom. The van der Waals surface area contributed by atoms with Crippen molar-refractivity contribution in [1.82, 2.24) is 4.31 Å². The molecule has 1 heterocycles. The monoisotopic (exact) mass is 376 g/mol. The highest BCUT2D eigenvalue weighted by Gasteiger charge is 2.29. The molecule has 26 heavy (non-hydrogen) atoms. The van der Waals surface area contributed by atoms with E-state index < -0.39 is 14.9 Å². The summed E-state index contributed by atoms with van der Waals surface area (Å²) in [4.78, 5) is 10.7. The van der Waals surface area contributed by atoms with Crippen LogP contribution in [0, 0.1) is 17.0 Å².